The molecule has 2 rings (SSSR count). The largest absolute Gasteiger partial charge is 0.463 e. The molecule has 0 N–H and O–H groups in total. The molecule has 0 aliphatic carbocycles. The van der Waals surface area contributed by atoms with E-state index in [1.807, 2.05) is 6.08 Å². The van der Waals surface area contributed by atoms with E-state index in [0.29, 0.717) is 18.6 Å². The van der Waals surface area contributed by atoms with Crippen molar-refractivity contribution in [2.75, 3.05) is 6.61 Å². The average Bonchev–Trinajstić information content (AvgIpc) is 2.64. The molecule has 0 saturated carbocycles. The van der Waals surface area contributed by atoms with Gasteiger partial charge >= 0.3 is 5.97 Å². The second-order valence-electron chi connectivity index (χ2n) is 2.96. The van der Waals surface area contributed by atoms with E-state index in [-0.39, 0.29) is 5.97 Å². The summed E-state index contributed by atoms with van der Waals surface area (Å²) in [4.78, 5) is 19.6. The van der Waals surface area contributed by atoms with E-state index in [1.54, 1.807) is 19.3 Å². The van der Waals surface area contributed by atoms with Crippen molar-refractivity contribution in [2.45, 2.75) is 13.3 Å². The highest BCUT2D eigenvalue weighted by Crippen LogP contribution is 2.16. The number of aliphatic imine (C=N–C) groups is 2. The van der Waals surface area contributed by atoms with Gasteiger partial charge in [0, 0.05) is 18.8 Å². The molecule has 72 valence electrons. The number of hydrogen-bond acceptors (Lipinski definition) is 4. The van der Waals surface area contributed by atoms with E-state index in [9.17, 15) is 4.79 Å². The van der Waals surface area contributed by atoms with Crippen molar-refractivity contribution in [1.82, 2.24) is 0 Å². The summed E-state index contributed by atoms with van der Waals surface area (Å²) in [5.74, 6) is -0.301. The van der Waals surface area contributed by atoms with Gasteiger partial charge in [-0.25, -0.2) is 4.79 Å². The molecule has 4 heteroatoms. The van der Waals surface area contributed by atoms with Crippen LogP contribution in [-0.4, -0.2) is 24.0 Å². The van der Waals surface area contributed by atoms with Gasteiger partial charge in [0.1, 0.15) is 0 Å². The van der Waals surface area contributed by atoms with Gasteiger partial charge in [-0.1, -0.05) is 0 Å². The van der Waals surface area contributed by atoms with Crippen LogP contribution in [0.25, 0.3) is 0 Å². The highest BCUT2D eigenvalue weighted by molar-refractivity contribution is 6.49. The lowest BCUT2D eigenvalue weighted by atomic mass is 10.0. The van der Waals surface area contributed by atoms with Crippen LogP contribution in [0.5, 0.6) is 0 Å². The molecule has 4 nitrogen and oxygen atoms in total. The number of allylic oxidation sites excluding steroid dienone is 1. The molecule has 0 aromatic heterocycles. The first kappa shape index (κ1) is 8.87. The fourth-order valence-corrected chi connectivity index (χ4v) is 1.34. The summed E-state index contributed by atoms with van der Waals surface area (Å²) >= 11 is 0. The fourth-order valence-electron chi connectivity index (χ4n) is 1.34. The monoisotopic (exact) mass is 190 g/mol. The van der Waals surface area contributed by atoms with Gasteiger partial charge in [-0.3, -0.25) is 9.98 Å². The summed E-state index contributed by atoms with van der Waals surface area (Å²) in [6.45, 7) is 2.17. The smallest absolute Gasteiger partial charge is 0.335 e. The molecule has 0 atom stereocenters. The zero-order valence-electron chi connectivity index (χ0n) is 7.86. The molecule has 0 radical (unpaired) electrons. The first-order valence-corrected chi connectivity index (χ1v) is 4.49. The van der Waals surface area contributed by atoms with Crippen LogP contribution in [0.1, 0.15) is 13.3 Å². The first-order chi connectivity index (χ1) is 6.81. The molecule has 0 bridgehead atoms. The van der Waals surface area contributed by atoms with Gasteiger partial charge in [-0.2, -0.15) is 0 Å². The fraction of sp³-hybridized carbons (Fsp3) is 0.300. The number of nitrogens with zero attached hydrogens (tertiary/aromatic N) is 2. The van der Waals surface area contributed by atoms with Crippen molar-refractivity contribution < 1.29 is 9.53 Å². The maximum absolute atomic E-state index is 11.4. The number of ether oxygens (including phenoxy) is 1. The molecule has 2 aliphatic rings. The molecule has 2 heterocycles. The lowest BCUT2D eigenvalue weighted by Crippen LogP contribution is -2.18. The number of carbonyl (C=O) groups excluding carboxylic acids is 1. The number of hydrogen-bond donors (Lipinski definition) is 0. The number of carbonyl (C=O) groups is 1. The van der Waals surface area contributed by atoms with E-state index in [4.69, 9.17) is 4.74 Å². The average molecular weight is 190 g/mol. The highest BCUT2D eigenvalue weighted by Gasteiger charge is 2.21. The summed E-state index contributed by atoms with van der Waals surface area (Å²) in [6, 6.07) is 0. The van der Waals surface area contributed by atoms with Crippen molar-refractivity contribution >= 4 is 17.4 Å². The van der Waals surface area contributed by atoms with Crippen molar-refractivity contribution in [2.24, 2.45) is 9.98 Å². The summed E-state index contributed by atoms with van der Waals surface area (Å²) in [5.41, 5.74) is 2.26. The third-order valence-corrected chi connectivity index (χ3v) is 2.01. The van der Waals surface area contributed by atoms with Crippen molar-refractivity contribution in [1.29, 1.82) is 0 Å². The molecule has 0 unspecified atom stereocenters. The van der Waals surface area contributed by atoms with E-state index < -0.39 is 0 Å². The van der Waals surface area contributed by atoms with Crippen LogP contribution in [0.4, 0.5) is 0 Å². The van der Waals surface area contributed by atoms with E-state index in [1.165, 1.54) is 0 Å². The Labute approximate surface area is 81.7 Å². The Balaban J connectivity index is 2.15. The molecule has 0 aromatic rings. The number of rotatable bonds is 2. The van der Waals surface area contributed by atoms with Crippen LogP contribution in [0.2, 0.25) is 0 Å². The second kappa shape index (κ2) is 3.57. The van der Waals surface area contributed by atoms with Crippen LogP contribution in [0.3, 0.4) is 0 Å². The Morgan fingerprint density at radius 2 is 2.43 bits per heavy atom. The number of esters is 1. The molecule has 0 aromatic carbocycles. The van der Waals surface area contributed by atoms with Gasteiger partial charge in [0.05, 0.1) is 23.6 Å². The Kier molecular flexibility index (Phi) is 2.26. The van der Waals surface area contributed by atoms with E-state index >= 15 is 0 Å². The summed E-state index contributed by atoms with van der Waals surface area (Å²) in [6.07, 6.45) is 5.59. The maximum Gasteiger partial charge on any atom is 0.335 e. The summed E-state index contributed by atoms with van der Waals surface area (Å²) < 4.78 is 4.88. The molecule has 0 fully saturated rings. The standard InChI is InChI=1S/C10H10N2O2/c1-2-14-10(13)7-5-9-8(12-6-7)3-4-11-9/h3-4,6H,2,5H2,1H3. The third-order valence-electron chi connectivity index (χ3n) is 2.01. The normalized spacial score (nSPS) is 18.2. The quantitative estimate of drug-likeness (QED) is 0.615. The minimum Gasteiger partial charge on any atom is -0.463 e. The minimum atomic E-state index is -0.301. The molecular weight excluding hydrogens is 180 g/mol. The maximum atomic E-state index is 11.4. The molecule has 0 saturated heterocycles. The topological polar surface area (TPSA) is 51.0 Å². The SMILES string of the molecule is CCOC(=O)C1=CN=C2C=CN=C2C1. The van der Waals surface area contributed by atoms with Crippen LogP contribution >= 0.6 is 0 Å². The Morgan fingerprint density at radius 1 is 1.57 bits per heavy atom. The minimum absolute atomic E-state index is 0.301. The Morgan fingerprint density at radius 3 is 3.21 bits per heavy atom. The molecule has 0 amide bonds. The third kappa shape index (κ3) is 1.51. The highest BCUT2D eigenvalue weighted by atomic mass is 16.5. The summed E-state index contributed by atoms with van der Waals surface area (Å²) in [7, 11) is 0. The Hall–Kier alpha value is -1.71. The zero-order valence-corrected chi connectivity index (χ0v) is 7.86. The van der Waals surface area contributed by atoms with Gasteiger partial charge in [0.2, 0.25) is 0 Å². The second-order valence-corrected chi connectivity index (χ2v) is 2.96. The Bertz CT molecular complexity index is 389. The number of fused-ring (bicyclic) bond motifs is 1. The van der Waals surface area contributed by atoms with Gasteiger partial charge < -0.3 is 4.74 Å². The van der Waals surface area contributed by atoms with Crippen LogP contribution < -0.4 is 0 Å². The van der Waals surface area contributed by atoms with Crippen molar-refractivity contribution in [3.05, 3.63) is 24.0 Å². The van der Waals surface area contributed by atoms with Crippen LogP contribution in [0, 0.1) is 0 Å². The van der Waals surface area contributed by atoms with E-state index in [0.717, 1.165) is 11.4 Å². The lowest BCUT2D eigenvalue weighted by molar-refractivity contribution is -0.138. The summed E-state index contributed by atoms with van der Waals surface area (Å²) in [5, 5.41) is 0. The van der Waals surface area contributed by atoms with Crippen LogP contribution in [0.15, 0.2) is 34.0 Å². The van der Waals surface area contributed by atoms with Gasteiger partial charge in [-0.05, 0) is 13.0 Å². The predicted octanol–water partition coefficient (Wildman–Crippen LogP) is 1.25. The first-order valence-electron chi connectivity index (χ1n) is 4.49. The van der Waals surface area contributed by atoms with Crippen molar-refractivity contribution in [3.63, 3.8) is 0 Å². The lowest BCUT2D eigenvalue weighted by Gasteiger charge is -2.10. The van der Waals surface area contributed by atoms with Crippen molar-refractivity contribution in [3.8, 4) is 0 Å². The molecular formula is C10H10N2O2. The van der Waals surface area contributed by atoms with Gasteiger partial charge in [0.25, 0.3) is 0 Å². The van der Waals surface area contributed by atoms with E-state index in [2.05, 4.69) is 9.98 Å². The zero-order chi connectivity index (χ0) is 9.97. The van der Waals surface area contributed by atoms with Gasteiger partial charge in [0.15, 0.2) is 0 Å². The van der Waals surface area contributed by atoms with Gasteiger partial charge in [-0.15, -0.1) is 0 Å². The molecule has 0 spiro atoms. The van der Waals surface area contributed by atoms with Crippen LogP contribution in [-0.2, 0) is 9.53 Å². The predicted molar refractivity (Wildman–Crippen MR) is 53.3 cm³/mol. The molecule has 2 aliphatic heterocycles. The molecule has 14 heavy (non-hydrogen) atoms.